The summed E-state index contributed by atoms with van der Waals surface area (Å²) in [5.41, 5.74) is 1.91. The third kappa shape index (κ3) is 3.77. The quantitative estimate of drug-likeness (QED) is 0.858. The molecular formula is C19H30N4O3. The molecule has 1 amide bonds. The van der Waals surface area contributed by atoms with E-state index in [-0.39, 0.29) is 16.7 Å². The molecule has 0 radical (unpaired) electrons. The molecule has 26 heavy (non-hydrogen) atoms. The highest BCUT2D eigenvalue weighted by molar-refractivity contribution is 5.74. The topological polar surface area (TPSA) is 89.5 Å². The summed E-state index contributed by atoms with van der Waals surface area (Å²) in [5, 5.41) is 17.2. The minimum absolute atomic E-state index is 0.00187. The molecule has 2 N–H and O–H groups in total. The third-order valence-electron chi connectivity index (χ3n) is 5.93. The molecule has 144 valence electrons. The number of piperidine rings is 1. The van der Waals surface area contributed by atoms with Crippen molar-refractivity contribution in [3.05, 3.63) is 17.5 Å². The van der Waals surface area contributed by atoms with Gasteiger partial charge < -0.3 is 10.0 Å². The Hall–Kier alpha value is -1.89. The first-order chi connectivity index (χ1) is 12.1. The molecule has 1 spiro atoms. The summed E-state index contributed by atoms with van der Waals surface area (Å²) < 4.78 is 0. The van der Waals surface area contributed by atoms with Crippen molar-refractivity contribution in [2.24, 2.45) is 5.41 Å². The molecule has 1 aromatic rings. The number of carboxylic acids is 1. The highest BCUT2D eigenvalue weighted by Gasteiger charge is 2.48. The number of hydrogen-bond acceptors (Lipinski definition) is 4. The lowest BCUT2D eigenvalue weighted by molar-refractivity contribution is -0.142. The number of carbonyl (C=O) groups excluding carboxylic acids is 1. The van der Waals surface area contributed by atoms with Gasteiger partial charge in [-0.25, -0.2) is 0 Å². The number of carboxylic acid groups (broad SMARTS) is 1. The van der Waals surface area contributed by atoms with Gasteiger partial charge in [-0.15, -0.1) is 0 Å². The van der Waals surface area contributed by atoms with Crippen LogP contribution in [-0.4, -0.2) is 62.7 Å². The number of carbonyl (C=O) groups is 2. The fourth-order valence-electron chi connectivity index (χ4n) is 4.26. The Morgan fingerprint density at radius 2 is 2.00 bits per heavy atom. The van der Waals surface area contributed by atoms with E-state index in [1.807, 2.05) is 11.0 Å². The highest BCUT2D eigenvalue weighted by atomic mass is 16.4. The normalized spacial score (nSPS) is 23.5. The monoisotopic (exact) mass is 362 g/mol. The van der Waals surface area contributed by atoms with E-state index in [0.29, 0.717) is 13.0 Å². The third-order valence-corrected chi connectivity index (χ3v) is 5.93. The van der Waals surface area contributed by atoms with Crippen LogP contribution in [0.5, 0.6) is 0 Å². The van der Waals surface area contributed by atoms with Crippen LogP contribution >= 0.6 is 0 Å². The first-order valence-electron chi connectivity index (χ1n) is 9.37. The molecule has 0 aliphatic carbocycles. The van der Waals surface area contributed by atoms with Gasteiger partial charge in [0.2, 0.25) is 5.91 Å². The molecule has 1 aromatic heterocycles. The van der Waals surface area contributed by atoms with Gasteiger partial charge in [-0.2, -0.15) is 5.10 Å². The standard InChI is InChI=1S/C19H30N4O3/c1-13(24)22-7-5-19(6-8-22)10-15(17(25)26)23(12-19)11-14-9-16(21-20-14)18(2,3)4/h9,15H,5-8,10-12H2,1-4H3,(H,20,21)(H,25,26)/t15-/m0/s1. The Morgan fingerprint density at radius 3 is 2.50 bits per heavy atom. The lowest BCUT2D eigenvalue weighted by Gasteiger charge is -2.39. The molecule has 3 rings (SSSR count). The molecule has 2 fully saturated rings. The van der Waals surface area contributed by atoms with Crippen LogP contribution in [0.25, 0.3) is 0 Å². The van der Waals surface area contributed by atoms with Gasteiger partial charge in [0.1, 0.15) is 6.04 Å². The molecular weight excluding hydrogens is 332 g/mol. The lowest BCUT2D eigenvalue weighted by atomic mass is 9.76. The molecule has 0 unspecified atom stereocenters. The van der Waals surface area contributed by atoms with Crippen molar-refractivity contribution >= 4 is 11.9 Å². The second-order valence-electron chi connectivity index (χ2n) is 9.00. The number of likely N-dealkylation sites (tertiary alicyclic amines) is 2. The first kappa shape index (κ1) is 18.9. The Balaban J connectivity index is 1.71. The van der Waals surface area contributed by atoms with Crippen molar-refractivity contribution in [1.29, 1.82) is 0 Å². The largest absolute Gasteiger partial charge is 0.480 e. The second kappa shape index (κ2) is 6.68. The summed E-state index contributed by atoms with van der Waals surface area (Å²) in [5.74, 6) is -0.650. The van der Waals surface area contributed by atoms with Crippen molar-refractivity contribution in [3.8, 4) is 0 Å². The highest BCUT2D eigenvalue weighted by Crippen LogP contribution is 2.44. The zero-order valence-electron chi connectivity index (χ0n) is 16.2. The van der Waals surface area contributed by atoms with Crippen LogP contribution in [0.2, 0.25) is 0 Å². The van der Waals surface area contributed by atoms with Crippen LogP contribution in [0.3, 0.4) is 0 Å². The average molecular weight is 362 g/mol. The van der Waals surface area contributed by atoms with Crippen molar-refractivity contribution in [2.75, 3.05) is 19.6 Å². The molecule has 7 nitrogen and oxygen atoms in total. The lowest BCUT2D eigenvalue weighted by Crippen LogP contribution is -2.43. The van der Waals surface area contributed by atoms with Crippen molar-refractivity contribution < 1.29 is 14.7 Å². The summed E-state index contributed by atoms with van der Waals surface area (Å²) in [6.45, 7) is 10.7. The molecule has 2 aliphatic heterocycles. The van der Waals surface area contributed by atoms with E-state index in [9.17, 15) is 14.7 Å². The van der Waals surface area contributed by atoms with Gasteiger partial charge >= 0.3 is 5.97 Å². The van der Waals surface area contributed by atoms with Gasteiger partial charge in [-0.3, -0.25) is 19.6 Å². The van der Waals surface area contributed by atoms with Crippen molar-refractivity contribution in [1.82, 2.24) is 20.0 Å². The van der Waals surface area contributed by atoms with Crippen molar-refractivity contribution in [2.45, 2.75) is 65.0 Å². The van der Waals surface area contributed by atoms with Crippen LogP contribution in [0, 0.1) is 5.41 Å². The number of aromatic nitrogens is 2. The van der Waals surface area contributed by atoms with Gasteiger partial charge in [-0.05, 0) is 30.7 Å². The number of nitrogens with one attached hydrogen (secondary N) is 1. The van der Waals surface area contributed by atoms with E-state index in [4.69, 9.17) is 0 Å². The van der Waals surface area contributed by atoms with E-state index in [2.05, 4.69) is 35.9 Å². The van der Waals surface area contributed by atoms with E-state index >= 15 is 0 Å². The first-order valence-corrected chi connectivity index (χ1v) is 9.37. The average Bonchev–Trinajstić information content (AvgIpc) is 3.13. The van der Waals surface area contributed by atoms with Gasteiger partial charge in [0.05, 0.1) is 5.69 Å². The number of aliphatic carboxylic acids is 1. The minimum Gasteiger partial charge on any atom is -0.480 e. The van der Waals surface area contributed by atoms with Crippen LogP contribution in [-0.2, 0) is 21.5 Å². The number of aromatic amines is 1. The number of hydrogen-bond donors (Lipinski definition) is 2. The van der Waals surface area contributed by atoms with Crippen molar-refractivity contribution in [3.63, 3.8) is 0 Å². The van der Waals surface area contributed by atoms with Gasteiger partial charge in [0.25, 0.3) is 0 Å². The molecule has 0 saturated carbocycles. The Labute approximate surface area is 154 Å². The Morgan fingerprint density at radius 1 is 1.35 bits per heavy atom. The zero-order valence-corrected chi connectivity index (χ0v) is 16.2. The van der Waals surface area contributed by atoms with E-state index < -0.39 is 12.0 Å². The maximum absolute atomic E-state index is 11.8. The molecule has 0 bridgehead atoms. The predicted molar refractivity (Wildman–Crippen MR) is 97.7 cm³/mol. The zero-order chi connectivity index (χ0) is 19.1. The number of amides is 1. The molecule has 2 aliphatic rings. The van der Waals surface area contributed by atoms with E-state index in [1.165, 1.54) is 0 Å². The van der Waals surface area contributed by atoms with Gasteiger partial charge in [0.15, 0.2) is 0 Å². The summed E-state index contributed by atoms with van der Waals surface area (Å²) >= 11 is 0. The van der Waals surface area contributed by atoms with Crippen LogP contribution in [0.4, 0.5) is 0 Å². The Kier molecular flexibility index (Phi) is 4.86. The number of H-pyrrole nitrogens is 1. The number of rotatable bonds is 3. The fraction of sp³-hybridized carbons (Fsp3) is 0.737. The van der Waals surface area contributed by atoms with Gasteiger partial charge in [0, 0.05) is 44.2 Å². The summed E-state index contributed by atoms with van der Waals surface area (Å²) in [6.07, 6.45) is 2.42. The van der Waals surface area contributed by atoms with Crippen LogP contribution in [0.15, 0.2) is 6.07 Å². The molecule has 3 heterocycles. The van der Waals surface area contributed by atoms with Crippen LogP contribution in [0.1, 0.15) is 58.3 Å². The molecule has 0 aromatic carbocycles. The summed E-state index contributed by atoms with van der Waals surface area (Å²) in [4.78, 5) is 27.3. The summed E-state index contributed by atoms with van der Waals surface area (Å²) in [7, 11) is 0. The minimum atomic E-state index is -0.758. The smallest absolute Gasteiger partial charge is 0.320 e. The molecule has 2 saturated heterocycles. The predicted octanol–water partition coefficient (Wildman–Crippen LogP) is 1.99. The van der Waals surface area contributed by atoms with Crippen LogP contribution < -0.4 is 0 Å². The van der Waals surface area contributed by atoms with E-state index in [0.717, 1.165) is 43.9 Å². The fourth-order valence-corrected chi connectivity index (χ4v) is 4.26. The molecule has 1 atom stereocenters. The van der Waals surface area contributed by atoms with Gasteiger partial charge in [-0.1, -0.05) is 20.8 Å². The SMILES string of the molecule is CC(=O)N1CCC2(CC1)C[C@@H](C(=O)O)N(Cc1cc(C(C)(C)C)n[nH]1)C2. The summed E-state index contributed by atoms with van der Waals surface area (Å²) in [6, 6.07) is 1.57. The van der Waals surface area contributed by atoms with E-state index in [1.54, 1.807) is 6.92 Å². The Bertz CT molecular complexity index is 683. The number of nitrogens with zero attached hydrogens (tertiary/aromatic N) is 3. The second-order valence-corrected chi connectivity index (χ2v) is 9.00. The maximum Gasteiger partial charge on any atom is 0.320 e. The maximum atomic E-state index is 11.8. The molecule has 7 heteroatoms.